The van der Waals surface area contributed by atoms with Gasteiger partial charge in [-0.05, 0) is 32.6 Å². The molecule has 0 aromatic rings. The van der Waals surface area contributed by atoms with Crippen molar-refractivity contribution in [3.05, 3.63) is 0 Å². The number of hydrogen-bond acceptors (Lipinski definition) is 2. The third-order valence-electron chi connectivity index (χ3n) is 2.57. The van der Waals surface area contributed by atoms with Gasteiger partial charge in [0, 0.05) is 6.54 Å². The van der Waals surface area contributed by atoms with Gasteiger partial charge in [-0.1, -0.05) is 5.92 Å². The summed E-state index contributed by atoms with van der Waals surface area (Å²) in [5.74, 6) is 1.87. The van der Waals surface area contributed by atoms with Crippen LogP contribution >= 0.6 is 0 Å². The number of aliphatic carboxylic acids is 1. The monoisotopic (exact) mass is 238 g/mol. The molecule has 0 unspecified atom stereocenters. The highest BCUT2D eigenvalue weighted by Crippen LogP contribution is 2.29. The van der Waals surface area contributed by atoms with E-state index in [2.05, 4.69) is 11.2 Å². The maximum Gasteiger partial charge on any atom is 0.323 e. The van der Waals surface area contributed by atoms with Crippen LogP contribution < -0.4 is 5.32 Å². The van der Waals surface area contributed by atoms with Gasteiger partial charge in [0.05, 0.1) is 5.54 Å². The van der Waals surface area contributed by atoms with Crippen molar-refractivity contribution in [1.29, 1.82) is 0 Å². The van der Waals surface area contributed by atoms with Gasteiger partial charge < -0.3 is 15.3 Å². The first-order valence-electron chi connectivity index (χ1n) is 5.60. The van der Waals surface area contributed by atoms with E-state index in [9.17, 15) is 9.59 Å². The Morgan fingerprint density at radius 1 is 1.53 bits per heavy atom. The summed E-state index contributed by atoms with van der Waals surface area (Å²) < 4.78 is 0. The number of hydrogen-bond donors (Lipinski definition) is 2. The lowest BCUT2D eigenvalue weighted by molar-refractivity contribution is -0.137. The first kappa shape index (κ1) is 13.4. The summed E-state index contributed by atoms with van der Waals surface area (Å²) in [6, 6.07) is -0.415. The second-order valence-electron chi connectivity index (χ2n) is 4.92. The molecule has 5 nitrogen and oxygen atoms in total. The molecule has 0 atom stereocenters. The van der Waals surface area contributed by atoms with Crippen molar-refractivity contribution in [2.24, 2.45) is 5.92 Å². The van der Waals surface area contributed by atoms with Gasteiger partial charge in [0.15, 0.2) is 0 Å². The van der Waals surface area contributed by atoms with Crippen LogP contribution in [0.3, 0.4) is 0 Å². The van der Waals surface area contributed by atoms with E-state index in [1.807, 2.05) is 0 Å². The van der Waals surface area contributed by atoms with Crippen LogP contribution in [0.2, 0.25) is 0 Å². The van der Waals surface area contributed by atoms with Gasteiger partial charge >= 0.3 is 12.0 Å². The zero-order chi connectivity index (χ0) is 13.1. The number of rotatable bonds is 5. The summed E-state index contributed by atoms with van der Waals surface area (Å²) in [5, 5.41) is 11.4. The minimum Gasteiger partial charge on any atom is -0.480 e. The van der Waals surface area contributed by atoms with E-state index in [1.54, 1.807) is 13.8 Å². The van der Waals surface area contributed by atoms with Crippen molar-refractivity contribution >= 4 is 12.0 Å². The molecule has 94 valence electrons. The van der Waals surface area contributed by atoms with Crippen molar-refractivity contribution < 1.29 is 14.7 Å². The quantitative estimate of drug-likeness (QED) is 0.699. The van der Waals surface area contributed by atoms with Gasteiger partial charge in [-0.15, -0.1) is 6.42 Å². The van der Waals surface area contributed by atoms with Gasteiger partial charge in [-0.3, -0.25) is 4.79 Å². The maximum absolute atomic E-state index is 11.9. The highest BCUT2D eigenvalue weighted by atomic mass is 16.4. The molecular formula is C12H18N2O3. The van der Waals surface area contributed by atoms with E-state index in [0.717, 1.165) is 12.8 Å². The van der Waals surface area contributed by atoms with E-state index in [0.29, 0.717) is 12.5 Å². The largest absolute Gasteiger partial charge is 0.480 e. The highest BCUT2D eigenvalue weighted by Gasteiger charge is 2.29. The highest BCUT2D eigenvalue weighted by molar-refractivity contribution is 5.80. The van der Waals surface area contributed by atoms with Gasteiger partial charge in [-0.25, -0.2) is 4.79 Å². The number of urea groups is 1. The number of amides is 2. The van der Waals surface area contributed by atoms with Crippen LogP contribution in [0.4, 0.5) is 4.79 Å². The Hall–Kier alpha value is -1.70. The SMILES string of the molecule is C#CC(C)(C)NC(=O)N(CC(=O)O)CC1CC1. The topological polar surface area (TPSA) is 69.6 Å². The summed E-state index contributed by atoms with van der Waals surface area (Å²) in [5.41, 5.74) is -0.766. The molecule has 2 N–H and O–H groups in total. The molecule has 2 amide bonds. The first-order valence-corrected chi connectivity index (χ1v) is 5.60. The molecule has 0 aliphatic heterocycles. The minimum absolute atomic E-state index is 0.289. The number of carboxylic acid groups (broad SMARTS) is 1. The van der Waals surface area contributed by atoms with Crippen LogP contribution in [0.1, 0.15) is 26.7 Å². The van der Waals surface area contributed by atoms with Gasteiger partial charge in [0.1, 0.15) is 6.54 Å². The maximum atomic E-state index is 11.9. The van der Waals surface area contributed by atoms with E-state index < -0.39 is 17.5 Å². The zero-order valence-corrected chi connectivity index (χ0v) is 10.2. The van der Waals surface area contributed by atoms with Crippen molar-refractivity contribution in [1.82, 2.24) is 10.2 Å². The molecular weight excluding hydrogens is 220 g/mol. The lowest BCUT2D eigenvalue weighted by Gasteiger charge is -2.26. The van der Waals surface area contributed by atoms with Crippen LogP contribution in [-0.4, -0.2) is 40.6 Å². The minimum atomic E-state index is -1.01. The third-order valence-corrected chi connectivity index (χ3v) is 2.57. The Labute approximate surface area is 101 Å². The van der Waals surface area contributed by atoms with Gasteiger partial charge in [0.25, 0.3) is 0 Å². The smallest absolute Gasteiger partial charge is 0.323 e. The fraction of sp³-hybridized carbons (Fsp3) is 0.667. The molecule has 5 heteroatoms. The summed E-state index contributed by atoms with van der Waals surface area (Å²) in [6.45, 7) is 3.59. The molecule has 0 aromatic heterocycles. The van der Waals surface area contributed by atoms with E-state index in [1.165, 1.54) is 4.90 Å². The van der Waals surface area contributed by atoms with E-state index >= 15 is 0 Å². The molecule has 17 heavy (non-hydrogen) atoms. The summed E-state index contributed by atoms with van der Waals surface area (Å²) >= 11 is 0. The fourth-order valence-corrected chi connectivity index (χ4v) is 1.38. The van der Waals surface area contributed by atoms with E-state index in [-0.39, 0.29) is 6.54 Å². The number of carbonyl (C=O) groups excluding carboxylic acids is 1. The Bertz CT molecular complexity index is 353. The van der Waals surface area contributed by atoms with Crippen molar-refractivity contribution in [3.63, 3.8) is 0 Å². The van der Waals surface area contributed by atoms with Crippen LogP contribution in [0.15, 0.2) is 0 Å². The van der Waals surface area contributed by atoms with Crippen molar-refractivity contribution in [2.45, 2.75) is 32.2 Å². The molecule has 0 bridgehead atoms. The normalized spacial score (nSPS) is 14.9. The average molecular weight is 238 g/mol. The molecule has 1 saturated carbocycles. The Morgan fingerprint density at radius 3 is 2.53 bits per heavy atom. The summed E-state index contributed by atoms with van der Waals surface area (Å²) in [7, 11) is 0. The lowest BCUT2D eigenvalue weighted by Crippen LogP contribution is -2.51. The Morgan fingerprint density at radius 2 is 2.12 bits per heavy atom. The van der Waals surface area contributed by atoms with Crippen LogP contribution in [-0.2, 0) is 4.79 Å². The van der Waals surface area contributed by atoms with E-state index in [4.69, 9.17) is 11.5 Å². The predicted molar refractivity (Wildman–Crippen MR) is 63.4 cm³/mol. The molecule has 1 fully saturated rings. The molecule has 0 spiro atoms. The van der Waals surface area contributed by atoms with Crippen molar-refractivity contribution in [2.75, 3.05) is 13.1 Å². The molecule has 1 aliphatic rings. The fourth-order valence-electron chi connectivity index (χ4n) is 1.38. The Kier molecular flexibility index (Phi) is 4.00. The number of carbonyl (C=O) groups is 2. The van der Waals surface area contributed by atoms with Crippen LogP contribution in [0.5, 0.6) is 0 Å². The molecule has 0 heterocycles. The molecule has 1 rings (SSSR count). The second kappa shape index (κ2) is 5.09. The average Bonchev–Trinajstić information content (AvgIpc) is 2.99. The number of nitrogens with one attached hydrogen (secondary N) is 1. The Balaban J connectivity index is 2.58. The lowest BCUT2D eigenvalue weighted by atomic mass is 10.1. The van der Waals surface area contributed by atoms with Crippen LogP contribution in [0.25, 0.3) is 0 Å². The third kappa shape index (κ3) is 4.77. The number of terminal acetylenes is 1. The molecule has 0 saturated heterocycles. The molecule has 1 aliphatic carbocycles. The van der Waals surface area contributed by atoms with Gasteiger partial charge in [-0.2, -0.15) is 0 Å². The standard InChI is InChI=1S/C12H18N2O3/c1-4-12(2,3)13-11(17)14(8-10(15)16)7-9-5-6-9/h1,9H,5-8H2,2-3H3,(H,13,17)(H,15,16). The number of nitrogens with zero attached hydrogens (tertiary/aromatic N) is 1. The zero-order valence-electron chi connectivity index (χ0n) is 10.2. The molecule has 0 aromatic carbocycles. The summed E-state index contributed by atoms with van der Waals surface area (Å²) in [6.07, 6.45) is 7.38. The second-order valence-corrected chi connectivity index (χ2v) is 4.92. The van der Waals surface area contributed by atoms with Gasteiger partial charge in [0.2, 0.25) is 0 Å². The summed E-state index contributed by atoms with van der Waals surface area (Å²) in [4.78, 5) is 23.9. The molecule has 0 radical (unpaired) electrons. The first-order chi connectivity index (χ1) is 7.84. The van der Waals surface area contributed by atoms with Crippen molar-refractivity contribution in [3.8, 4) is 12.3 Å². The van der Waals surface area contributed by atoms with Crippen LogP contribution in [0, 0.1) is 18.3 Å². The number of carboxylic acids is 1. The predicted octanol–water partition coefficient (Wildman–Crippen LogP) is 0.904.